The average Bonchev–Trinajstić information content (AvgIpc) is 3.15. The molecule has 1 fully saturated rings. The van der Waals surface area contributed by atoms with Crippen LogP contribution in [0.25, 0.3) is 6.08 Å². The Hall–Kier alpha value is -3.22. The lowest BCUT2D eigenvalue weighted by atomic mass is 10.1. The van der Waals surface area contributed by atoms with E-state index in [1.54, 1.807) is 24.2 Å². The van der Waals surface area contributed by atoms with Crippen LogP contribution in [-0.4, -0.2) is 24.3 Å². The molecule has 3 aromatic rings. The molecule has 1 saturated heterocycles. The number of carbonyl (C=O) groups excluding carboxylic acids is 1. The van der Waals surface area contributed by atoms with Gasteiger partial charge in [0.15, 0.2) is 16.7 Å². The molecule has 1 aliphatic heterocycles. The molecular weight excluding hydrogens is 468 g/mol. The minimum absolute atomic E-state index is 0.00115. The fourth-order valence-corrected chi connectivity index (χ4v) is 4.60. The number of para-hydroxylation sites is 2. The fourth-order valence-electron chi connectivity index (χ4n) is 3.34. The van der Waals surface area contributed by atoms with E-state index in [1.807, 2.05) is 80.6 Å². The Kier molecular flexibility index (Phi) is 7.60. The van der Waals surface area contributed by atoms with Gasteiger partial charge in [0.05, 0.1) is 34.5 Å². The van der Waals surface area contributed by atoms with Crippen LogP contribution in [0.2, 0.25) is 5.02 Å². The third-order valence-electron chi connectivity index (χ3n) is 5.25. The number of methoxy groups -OCH3 is 1. The van der Waals surface area contributed by atoms with Gasteiger partial charge in [0.25, 0.3) is 5.91 Å². The second kappa shape index (κ2) is 10.8. The first kappa shape index (κ1) is 23.9. The van der Waals surface area contributed by atoms with E-state index in [-0.39, 0.29) is 12.0 Å². The molecule has 0 N–H and O–H groups in total. The quantitative estimate of drug-likeness (QED) is 0.324. The van der Waals surface area contributed by atoms with Gasteiger partial charge >= 0.3 is 0 Å². The molecule has 174 valence electrons. The van der Waals surface area contributed by atoms with Gasteiger partial charge in [-0.1, -0.05) is 54.9 Å². The lowest BCUT2D eigenvalue weighted by molar-refractivity contribution is -0.113. The number of halogens is 1. The van der Waals surface area contributed by atoms with Gasteiger partial charge in [-0.15, -0.1) is 0 Å². The van der Waals surface area contributed by atoms with Gasteiger partial charge in [0, 0.05) is 0 Å². The lowest BCUT2D eigenvalue weighted by Crippen LogP contribution is -2.28. The molecule has 34 heavy (non-hydrogen) atoms. The van der Waals surface area contributed by atoms with Crippen molar-refractivity contribution in [1.82, 2.24) is 0 Å². The summed E-state index contributed by atoms with van der Waals surface area (Å²) in [5.41, 5.74) is 2.27. The highest BCUT2D eigenvalue weighted by molar-refractivity contribution is 8.19. The summed E-state index contributed by atoms with van der Waals surface area (Å²) in [6, 6.07) is 22.7. The number of hydrogen-bond acceptors (Lipinski definition) is 5. The van der Waals surface area contributed by atoms with Crippen molar-refractivity contribution in [2.75, 3.05) is 12.0 Å². The number of rotatable bonds is 7. The minimum Gasteiger partial charge on any atom is -0.493 e. The van der Waals surface area contributed by atoms with E-state index in [0.717, 1.165) is 23.4 Å². The highest BCUT2D eigenvalue weighted by Crippen LogP contribution is 2.41. The summed E-state index contributed by atoms with van der Waals surface area (Å²) in [4.78, 5) is 20.4. The first-order valence-corrected chi connectivity index (χ1v) is 12.2. The monoisotopic (exact) mass is 492 g/mol. The Morgan fingerprint density at radius 3 is 2.41 bits per heavy atom. The average molecular weight is 493 g/mol. The Morgan fingerprint density at radius 2 is 1.76 bits per heavy atom. The molecule has 0 radical (unpaired) electrons. The van der Waals surface area contributed by atoms with Crippen molar-refractivity contribution >= 4 is 51.9 Å². The SMILES string of the molecule is CC[C@H](C)Oc1c(Cl)cc(/C=C2\SC(=Nc3ccccc3)N(c3ccccc3)C2=O)cc1OC. The molecule has 5 nitrogen and oxygen atoms in total. The second-order valence-corrected chi connectivity index (χ2v) is 9.10. The summed E-state index contributed by atoms with van der Waals surface area (Å²) in [6.07, 6.45) is 2.64. The molecular formula is C27H25ClN2O3S. The zero-order valence-corrected chi connectivity index (χ0v) is 20.8. The van der Waals surface area contributed by atoms with Gasteiger partial charge in [-0.2, -0.15) is 0 Å². The Labute approximate surface area is 209 Å². The van der Waals surface area contributed by atoms with Gasteiger partial charge in [0.1, 0.15) is 0 Å². The number of hydrogen-bond donors (Lipinski definition) is 0. The largest absolute Gasteiger partial charge is 0.493 e. The van der Waals surface area contributed by atoms with E-state index in [2.05, 4.69) is 0 Å². The van der Waals surface area contributed by atoms with Crippen molar-refractivity contribution < 1.29 is 14.3 Å². The number of amidine groups is 1. The summed E-state index contributed by atoms with van der Waals surface area (Å²) in [6.45, 7) is 4.02. The van der Waals surface area contributed by atoms with Gasteiger partial charge < -0.3 is 9.47 Å². The molecule has 0 saturated carbocycles. The Bertz CT molecular complexity index is 1230. The van der Waals surface area contributed by atoms with Crippen LogP contribution in [0.1, 0.15) is 25.8 Å². The molecule has 0 aliphatic carbocycles. The van der Waals surface area contributed by atoms with Crippen molar-refractivity contribution in [3.05, 3.63) is 88.3 Å². The van der Waals surface area contributed by atoms with E-state index < -0.39 is 0 Å². The van der Waals surface area contributed by atoms with E-state index in [9.17, 15) is 4.79 Å². The molecule has 0 spiro atoms. The molecule has 1 heterocycles. The van der Waals surface area contributed by atoms with Gasteiger partial charge in [0.2, 0.25) is 0 Å². The van der Waals surface area contributed by atoms with Crippen LogP contribution in [0, 0.1) is 0 Å². The molecule has 4 rings (SSSR count). The van der Waals surface area contributed by atoms with E-state index in [0.29, 0.717) is 26.6 Å². The van der Waals surface area contributed by atoms with Crippen molar-refractivity contribution in [1.29, 1.82) is 0 Å². The molecule has 1 amide bonds. The van der Waals surface area contributed by atoms with Crippen molar-refractivity contribution in [3.63, 3.8) is 0 Å². The number of benzene rings is 3. The maximum Gasteiger partial charge on any atom is 0.271 e. The molecule has 1 aliphatic rings. The highest BCUT2D eigenvalue weighted by atomic mass is 35.5. The maximum atomic E-state index is 13.5. The molecule has 1 atom stereocenters. The third kappa shape index (κ3) is 5.29. The van der Waals surface area contributed by atoms with Crippen LogP contribution in [0.4, 0.5) is 11.4 Å². The molecule has 0 aromatic heterocycles. The zero-order chi connectivity index (χ0) is 24.1. The van der Waals surface area contributed by atoms with Crippen LogP contribution in [0.5, 0.6) is 11.5 Å². The van der Waals surface area contributed by atoms with Gasteiger partial charge in [-0.3, -0.25) is 9.69 Å². The van der Waals surface area contributed by atoms with Crippen LogP contribution < -0.4 is 14.4 Å². The van der Waals surface area contributed by atoms with Gasteiger partial charge in [-0.05, 0) is 73.1 Å². The molecule has 0 unspecified atom stereocenters. The predicted molar refractivity (Wildman–Crippen MR) is 141 cm³/mol. The van der Waals surface area contributed by atoms with E-state index >= 15 is 0 Å². The molecule has 3 aromatic carbocycles. The maximum absolute atomic E-state index is 13.5. The summed E-state index contributed by atoms with van der Waals surface area (Å²) in [5, 5.41) is 1.02. The molecule has 7 heteroatoms. The second-order valence-electron chi connectivity index (χ2n) is 7.69. The Balaban J connectivity index is 1.73. The Morgan fingerprint density at radius 1 is 1.09 bits per heavy atom. The smallest absolute Gasteiger partial charge is 0.271 e. The highest BCUT2D eigenvalue weighted by Gasteiger charge is 2.34. The summed E-state index contributed by atoms with van der Waals surface area (Å²) in [5.74, 6) is 0.873. The summed E-state index contributed by atoms with van der Waals surface area (Å²) < 4.78 is 11.5. The summed E-state index contributed by atoms with van der Waals surface area (Å²) >= 11 is 7.86. The van der Waals surface area contributed by atoms with Crippen LogP contribution in [-0.2, 0) is 4.79 Å². The van der Waals surface area contributed by atoms with Crippen LogP contribution in [0.3, 0.4) is 0 Å². The number of anilines is 1. The van der Waals surface area contributed by atoms with E-state index in [4.69, 9.17) is 26.1 Å². The van der Waals surface area contributed by atoms with Crippen molar-refractivity contribution in [2.24, 2.45) is 4.99 Å². The van der Waals surface area contributed by atoms with E-state index in [1.165, 1.54) is 11.8 Å². The third-order valence-corrected chi connectivity index (χ3v) is 6.49. The fraction of sp³-hybridized carbons (Fsp3) is 0.185. The first-order chi connectivity index (χ1) is 16.5. The number of aliphatic imine (C=N–C) groups is 1. The van der Waals surface area contributed by atoms with Crippen molar-refractivity contribution in [3.8, 4) is 11.5 Å². The lowest BCUT2D eigenvalue weighted by Gasteiger charge is -2.17. The number of carbonyl (C=O) groups is 1. The minimum atomic E-state index is -0.152. The van der Waals surface area contributed by atoms with Crippen molar-refractivity contribution in [2.45, 2.75) is 26.4 Å². The zero-order valence-electron chi connectivity index (χ0n) is 19.2. The number of thioether (sulfide) groups is 1. The topological polar surface area (TPSA) is 51.1 Å². The number of ether oxygens (including phenoxy) is 2. The number of amides is 1. The van der Waals surface area contributed by atoms with Crippen LogP contribution >= 0.6 is 23.4 Å². The summed E-state index contributed by atoms with van der Waals surface area (Å²) in [7, 11) is 1.57. The van der Waals surface area contributed by atoms with Gasteiger partial charge in [-0.25, -0.2) is 4.99 Å². The molecule has 0 bridgehead atoms. The predicted octanol–water partition coefficient (Wildman–Crippen LogP) is 7.33. The normalized spacial score (nSPS) is 16.8. The first-order valence-electron chi connectivity index (χ1n) is 11.0. The number of nitrogens with zero attached hydrogens (tertiary/aromatic N) is 2. The standard InChI is InChI=1S/C27H25ClN2O3S/c1-4-18(2)33-25-22(28)15-19(16-23(25)32-3)17-24-26(31)30(21-13-9-6-10-14-21)27(34-24)29-20-11-7-5-8-12-20/h5-18H,4H2,1-3H3/b24-17-,29-27?/t18-/m0/s1. The van der Waals surface area contributed by atoms with Crippen LogP contribution in [0.15, 0.2) is 82.7 Å².